The van der Waals surface area contributed by atoms with E-state index in [0.29, 0.717) is 29.0 Å². The molecule has 54 heavy (non-hydrogen) atoms. The maximum absolute atomic E-state index is 12.8. The molecule has 0 unspecified atom stereocenters. The Kier molecular flexibility index (Phi) is 25.7. The predicted octanol–water partition coefficient (Wildman–Crippen LogP) is 10.0. The fourth-order valence-corrected chi connectivity index (χ4v) is 5.26. The molecule has 1 saturated carbocycles. The van der Waals surface area contributed by atoms with Crippen molar-refractivity contribution in [3.05, 3.63) is 53.7 Å². The van der Waals surface area contributed by atoms with E-state index in [1.54, 1.807) is 32.1 Å². The largest absolute Gasteiger partial charge is 0.496 e. The van der Waals surface area contributed by atoms with Crippen molar-refractivity contribution in [2.45, 2.75) is 119 Å². The minimum Gasteiger partial charge on any atom is -0.496 e. The number of methoxy groups -OCH3 is 3. The third kappa shape index (κ3) is 18.4. The van der Waals surface area contributed by atoms with Crippen LogP contribution in [0.1, 0.15) is 130 Å². The van der Waals surface area contributed by atoms with Crippen molar-refractivity contribution in [2.24, 2.45) is 5.92 Å². The van der Waals surface area contributed by atoms with Crippen LogP contribution < -0.4 is 20.1 Å². The minimum absolute atomic E-state index is 0.0417. The van der Waals surface area contributed by atoms with Gasteiger partial charge in [0.2, 0.25) is 0 Å². The maximum atomic E-state index is 12.8. The predicted molar refractivity (Wildman–Crippen MR) is 228 cm³/mol. The molecule has 1 aliphatic carbocycles. The van der Waals surface area contributed by atoms with E-state index in [2.05, 4.69) is 75.4 Å². The zero-order valence-electron chi connectivity index (χ0n) is 36.5. The number of nitrogens with one attached hydrogen (secondary N) is 2. The molecule has 2 N–H and O–H groups in total. The fraction of sp³-hybridized carbons (Fsp3) is 0.614. The number of aldehydes is 1. The van der Waals surface area contributed by atoms with Crippen molar-refractivity contribution < 1.29 is 23.8 Å². The molecule has 0 radical (unpaired) electrons. The zero-order valence-corrected chi connectivity index (χ0v) is 36.5. The van der Waals surface area contributed by atoms with E-state index in [4.69, 9.17) is 14.2 Å². The lowest BCUT2D eigenvalue weighted by Crippen LogP contribution is -2.25. The highest BCUT2D eigenvalue weighted by Crippen LogP contribution is 2.40. The molecule has 1 heterocycles. The van der Waals surface area contributed by atoms with Gasteiger partial charge in [-0.2, -0.15) is 5.10 Å². The first-order valence-corrected chi connectivity index (χ1v) is 19.8. The molecule has 0 saturated heterocycles. The van der Waals surface area contributed by atoms with Crippen molar-refractivity contribution in [2.75, 3.05) is 60.4 Å². The van der Waals surface area contributed by atoms with Gasteiger partial charge in [0.05, 0.1) is 43.3 Å². The SMILES string of the molecule is CC.CC1CCCC1.CCC.COC(C)(C)C.COc1cccc(OC)c1-c1cc(C(=O)NCC=O)nn1-c1ccc(NCCCN(C)C)cc1C(C)C. The molecule has 0 atom stereocenters. The van der Waals surface area contributed by atoms with Gasteiger partial charge in [-0.1, -0.05) is 86.6 Å². The van der Waals surface area contributed by atoms with Crippen molar-refractivity contribution in [3.63, 3.8) is 0 Å². The molecule has 10 heteroatoms. The van der Waals surface area contributed by atoms with Gasteiger partial charge in [0.25, 0.3) is 5.91 Å². The van der Waals surface area contributed by atoms with E-state index in [9.17, 15) is 9.59 Å². The second-order valence-corrected chi connectivity index (χ2v) is 14.7. The molecular formula is C44H75N5O5. The molecule has 3 aromatic rings. The Bertz CT molecular complexity index is 1430. The van der Waals surface area contributed by atoms with E-state index in [0.717, 1.165) is 42.4 Å². The van der Waals surface area contributed by atoms with Crippen LogP contribution in [0.5, 0.6) is 11.5 Å². The molecule has 2 aromatic carbocycles. The van der Waals surface area contributed by atoms with Crippen molar-refractivity contribution in [1.29, 1.82) is 0 Å². The van der Waals surface area contributed by atoms with Crippen LogP contribution >= 0.6 is 0 Å². The van der Waals surface area contributed by atoms with Crippen molar-refractivity contribution in [3.8, 4) is 28.4 Å². The summed E-state index contributed by atoms with van der Waals surface area (Å²) in [6, 6.07) is 13.4. The summed E-state index contributed by atoms with van der Waals surface area (Å²) in [5.41, 5.74) is 4.47. The number of rotatable bonds is 13. The quantitative estimate of drug-likeness (QED) is 0.131. The number of hydrogen-bond donors (Lipinski definition) is 2. The van der Waals surface area contributed by atoms with E-state index in [-0.39, 0.29) is 23.8 Å². The second kappa shape index (κ2) is 27.7. The van der Waals surface area contributed by atoms with Crippen LogP contribution in [-0.2, 0) is 9.53 Å². The zero-order chi connectivity index (χ0) is 41.3. The van der Waals surface area contributed by atoms with Crippen LogP contribution in [0.15, 0.2) is 42.5 Å². The van der Waals surface area contributed by atoms with Crippen LogP contribution in [-0.4, -0.2) is 87.5 Å². The van der Waals surface area contributed by atoms with Gasteiger partial charge >= 0.3 is 0 Å². The summed E-state index contributed by atoms with van der Waals surface area (Å²) in [5, 5.41) is 10.8. The Morgan fingerprint density at radius 2 is 1.56 bits per heavy atom. The number of nitrogens with zero attached hydrogens (tertiary/aromatic N) is 3. The Morgan fingerprint density at radius 1 is 1.00 bits per heavy atom. The van der Waals surface area contributed by atoms with Crippen LogP contribution in [0.4, 0.5) is 5.69 Å². The van der Waals surface area contributed by atoms with Gasteiger partial charge in [-0.15, -0.1) is 0 Å². The number of amides is 1. The van der Waals surface area contributed by atoms with Gasteiger partial charge < -0.3 is 34.5 Å². The third-order valence-electron chi connectivity index (χ3n) is 8.22. The lowest BCUT2D eigenvalue weighted by Gasteiger charge is -2.19. The Balaban J connectivity index is 0.00000137. The summed E-state index contributed by atoms with van der Waals surface area (Å²) in [6.45, 7) is 22.7. The molecule has 1 fully saturated rings. The summed E-state index contributed by atoms with van der Waals surface area (Å²) in [7, 11) is 9.02. The third-order valence-corrected chi connectivity index (χ3v) is 8.22. The summed E-state index contributed by atoms with van der Waals surface area (Å²) in [4.78, 5) is 25.8. The Hall–Kier alpha value is -3.89. The average Bonchev–Trinajstić information content (AvgIpc) is 3.82. The van der Waals surface area contributed by atoms with E-state index in [1.165, 1.54) is 32.1 Å². The van der Waals surface area contributed by atoms with Crippen LogP contribution in [0.3, 0.4) is 0 Å². The van der Waals surface area contributed by atoms with Crippen LogP contribution in [0.2, 0.25) is 0 Å². The van der Waals surface area contributed by atoms with Gasteiger partial charge in [0.15, 0.2) is 5.69 Å². The van der Waals surface area contributed by atoms with E-state index >= 15 is 0 Å². The van der Waals surface area contributed by atoms with Crippen molar-refractivity contribution in [1.82, 2.24) is 20.0 Å². The number of carbonyl (C=O) groups excluding carboxylic acids is 2. The first-order valence-electron chi connectivity index (χ1n) is 19.8. The molecule has 1 amide bonds. The molecule has 1 aliphatic rings. The smallest absolute Gasteiger partial charge is 0.272 e. The normalized spacial score (nSPS) is 12.2. The molecule has 4 rings (SSSR count). The first-order chi connectivity index (χ1) is 25.7. The van der Waals surface area contributed by atoms with Crippen LogP contribution in [0, 0.1) is 5.92 Å². The van der Waals surface area contributed by atoms with Gasteiger partial charge in [-0.3, -0.25) is 4.79 Å². The van der Waals surface area contributed by atoms with Gasteiger partial charge in [-0.05, 0) is 102 Å². The molecule has 10 nitrogen and oxygen atoms in total. The summed E-state index contributed by atoms with van der Waals surface area (Å²) >= 11 is 0. The van der Waals surface area contributed by atoms with E-state index in [1.807, 2.05) is 65.0 Å². The van der Waals surface area contributed by atoms with Gasteiger partial charge in [0.1, 0.15) is 17.8 Å². The molecular weight excluding hydrogens is 679 g/mol. The topological polar surface area (TPSA) is 107 Å². The first kappa shape index (κ1) is 50.1. The highest BCUT2D eigenvalue weighted by molar-refractivity contribution is 5.95. The van der Waals surface area contributed by atoms with Gasteiger partial charge in [0, 0.05) is 19.3 Å². The lowest BCUT2D eigenvalue weighted by atomic mass is 9.99. The monoisotopic (exact) mass is 754 g/mol. The Morgan fingerprint density at radius 3 is 1.98 bits per heavy atom. The molecule has 306 valence electrons. The standard InChI is InChI=1S/C28H37N5O4.C6H12.C5H12O.C3H8.C2H6/c1-19(2)21-17-20(29-13-8-15-32(3)4)11-12-23(21)33-24(18-22(31-33)28(35)30-14-16-34)27-25(36-5)9-7-10-26(27)37-6;1-6-4-2-3-5-6;1-5(2,3)6-4;1-3-2;1-2/h7,9-12,16-19,29H,8,13-15H2,1-6H3,(H,30,35);6H,2-5H2,1H3;1-4H3;3H2,1-2H3;1-2H3. The lowest BCUT2D eigenvalue weighted by molar-refractivity contribution is -0.107. The Labute approximate surface area is 328 Å². The maximum Gasteiger partial charge on any atom is 0.272 e. The number of hydrogen-bond acceptors (Lipinski definition) is 8. The molecule has 0 bridgehead atoms. The number of benzene rings is 2. The fourth-order valence-electron chi connectivity index (χ4n) is 5.26. The number of ether oxygens (including phenoxy) is 3. The van der Waals surface area contributed by atoms with Gasteiger partial charge in [-0.25, -0.2) is 4.68 Å². The molecule has 0 spiro atoms. The van der Waals surface area contributed by atoms with Crippen LogP contribution in [0.25, 0.3) is 16.9 Å². The van der Waals surface area contributed by atoms with Crippen molar-refractivity contribution >= 4 is 17.9 Å². The van der Waals surface area contributed by atoms with E-state index < -0.39 is 5.91 Å². The number of aromatic nitrogens is 2. The number of anilines is 1. The highest BCUT2D eigenvalue weighted by Gasteiger charge is 2.24. The average molecular weight is 754 g/mol. The molecule has 1 aromatic heterocycles. The molecule has 0 aliphatic heterocycles. The number of carbonyl (C=O) groups is 2. The second-order valence-electron chi connectivity index (χ2n) is 14.7. The summed E-state index contributed by atoms with van der Waals surface area (Å²) in [5.74, 6) is 1.97. The highest BCUT2D eigenvalue weighted by atomic mass is 16.5. The summed E-state index contributed by atoms with van der Waals surface area (Å²) < 4.78 is 18.0. The summed E-state index contributed by atoms with van der Waals surface area (Å²) in [6.07, 6.45) is 8.87. The minimum atomic E-state index is -0.439.